The van der Waals surface area contributed by atoms with Gasteiger partial charge in [-0.05, 0) is 67.9 Å². The lowest BCUT2D eigenvalue weighted by molar-refractivity contribution is -0.122. The first-order valence-corrected chi connectivity index (χ1v) is 14.0. The maximum absolute atomic E-state index is 13.4. The van der Waals surface area contributed by atoms with Gasteiger partial charge < -0.3 is 0 Å². The van der Waals surface area contributed by atoms with Crippen molar-refractivity contribution in [1.29, 1.82) is 0 Å². The summed E-state index contributed by atoms with van der Waals surface area (Å²) in [5.41, 5.74) is 4.25. The fraction of sp³-hybridized carbons (Fsp3) is 0.179. The number of carbonyl (C=O) groups excluding carboxylic acids is 2. The highest BCUT2D eigenvalue weighted by atomic mass is 32.2. The lowest BCUT2D eigenvalue weighted by Gasteiger charge is -2.25. The van der Waals surface area contributed by atoms with E-state index in [1.165, 1.54) is 18.2 Å². The van der Waals surface area contributed by atoms with E-state index in [-0.39, 0.29) is 17.9 Å². The number of benzene rings is 3. The molecule has 1 unspecified atom stereocenters. The highest BCUT2D eigenvalue weighted by molar-refractivity contribution is 7.89. The molecule has 1 aliphatic rings. The largest absolute Gasteiger partial charge is 0.274 e. The molecule has 2 heterocycles. The minimum atomic E-state index is -4.03. The third-order valence-electron chi connectivity index (χ3n) is 6.32. The lowest BCUT2D eigenvalue weighted by Crippen LogP contribution is -2.45. The third-order valence-corrected chi connectivity index (χ3v) is 9.28. The number of hydrogen-bond donors (Lipinski definition) is 0. The predicted molar refractivity (Wildman–Crippen MR) is 146 cm³/mol. The molecule has 3 aromatic carbocycles. The van der Waals surface area contributed by atoms with Crippen molar-refractivity contribution in [2.45, 2.75) is 31.2 Å². The summed E-state index contributed by atoms with van der Waals surface area (Å²) in [5.74, 6) is -1.03. The molecule has 9 heteroatoms. The van der Waals surface area contributed by atoms with Gasteiger partial charge in [0.1, 0.15) is 11.0 Å². The minimum Gasteiger partial charge on any atom is -0.274 e. The first-order valence-electron chi connectivity index (χ1n) is 11.7. The number of anilines is 1. The van der Waals surface area contributed by atoms with E-state index in [1.807, 2.05) is 38.1 Å². The lowest BCUT2D eigenvalue weighted by atomic mass is 10.2. The van der Waals surface area contributed by atoms with E-state index in [0.717, 1.165) is 41.1 Å². The Labute approximate surface area is 219 Å². The van der Waals surface area contributed by atoms with Crippen molar-refractivity contribution in [2.75, 3.05) is 11.4 Å². The number of fused-ring (bicyclic) bond motifs is 1. The Balaban J connectivity index is 1.42. The molecule has 1 saturated heterocycles. The Kier molecular flexibility index (Phi) is 6.53. The molecular weight excluding hydrogens is 506 g/mol. The Morgan fingerprint density at radius 2 is 1.70 bits per heavy atom. The summed E-state index contributed by atoms with van der Waals surface area (Å²) in [6.45, 7) is 7.45. The minimum absolute atomic E-state index is 0.0639. The van der Waals surface area contributed by atoms with Gasteiger partial charge in [0.2, 0.25) is 15.9 Å². The maximum atomic E-state index is 13.4. The second kappa shape index (κ2) is 9.66. The van der Waals surface area contributed by atoms with Crippen LogP contribution in [0.5, 0.6) is 0 Å². The van der Waals surface area contributed by atoms with Gasteiger partial charge in [-0.1, -0.05) is 29.8 Å². The standard InChI is InChI=1S/C28H25N3O4S2/c1-4-15-30(37(34,35)22-12-5-18(2)6-13-22)24-17-26(32)31(28(24)33)21-10-8-20(9-11-21)27-29-23-14-7-19(3)16-25(23)36-27/h4-14,16,24H,1,15,17H2,2-3H3. The van der Waals surface area contributed by atoms with E-state index >= 15 is 0 Å². The Bertz CT molecular complexity index is 1620. The highest BCUT2D eigenvalue weighted by Gasteiger charge is 2.46. The summed E-state index contributed by atoms with van der Waals surface area (Å²) in [6, 6.07) is 18.4. The topological polar surface area (TPSA) is 87.7 Å². The Morgan fingerprint density at radius 1 is 1.03 bits per heavy atom. The summed E-state index contributed by atoms with van der Waals surface area (Å²) in [7, 11) is -4.03. The van der Waals surface area contributed by atoms with Crippen LogP contribution in [0.4, 0.5) is 5.69 Å². The van der Waals surface area contributed by atoms with E-state index in [0.29, 0.717) is 5.69 Å². The summed E-state index contributed by atoms with van der Waals surface area (Å²) in [5, 5.41) is 0.838. The van der Waals surface area contributed by atoms with Crippen molar-refractivity contribution < 1.29 is 18.0 Å². The monoisotopic (exact) mass is 531 g/mol. The molecule has 0 spiro atoms. The zero-order chi connectivity index (χ0) is 26.3. The number of sulfonamides is 1. The van der Waals surface area contributed by atoms with Crippen molar-refractivity contribution in [3.8, 4) is 10.6 Å². The smallest absolute Gasteiger partial charge is 0.252 e. The number of aromatic nitrogens is 1. The van der Waals surface area contributed by atoms with Crippen molar-refractivity contribution in [3.05, 3.63) is 90.5 Å². The zero-order valence-corrected chi connectivity index (χ0v) is 22.1. The molecule has 0 saturated carbocycles. The van der Waals surface area contributed by atoms with Gasteiger partial charge in [-0.25, -0.2) is 18.3 Å². The van der Waals surface area contributed by atoms with Gasteiger partial charge in [-0.3, -0.25) is 9.59 Å². The number of imide groups is 1. The van der Waals surface area contributed by atoms with Crippen LogP contribution in [-0.4, -0.2) is 42.1 Å². The summed E-state index contributed by atoms with van der Waals surface area (Å²) in [4.78, 5) is 32.2. The van der Waals surface area contributed by atoms with E-state index in [2.05, 4.69) is 17.6 Å². The van der Waals surface area contributed by atoms with Gasteiger partial charge in [-0.2, -0.15) is 4.31 Å². The first-order chi connectivity index (χ1) is 17.7. The van der Waals surface area contributed by atoms with Gasteiger partial charge >= 0.3 is 0 Å². The van der Waals surface area contributed by atoms with Gasteiger partial charge in [0.25, 0.3) is 5.91 Å². The van der Waals surface area contributed by atoms with Gasteiger partial charge in [0, 0.05) is 12.1 Å². The summed E-state index contributed by atoms with van der Waals surface area (Å²) in [6.07, 6.45) is 1.18. The zero-order valence-electron chi connectivity index (χ0n) is 20.4. The number of aryl methyl sites for hydroxylation is 2. The van der Waals surface area contributed by atoms with E-state index < -0.39 is 27.9 Å². The van der Waals surface area contributed by atoms with Crippen molar-refractivity contribution in [1.82, 2.24) is 9.29 Å². The second-order valence-electron chi connectivity index (χ2n) is 9.00. The van der Waals surface area contributed by atoms with Gasteiger partial charge in [0.15, 0.2) is 0 Å². The fourth-order valence-electron chi connectivity index (χ4n) is 4.39. The number of nitrogens with zero attached hydrogens (tertiary/aromatic N) is 3. The number of amides is 2. The number of hydrogen-bond acceptors (Lipinski definition) is 6. The molecule has 188 valence electrons. The van der Waals surface area contributed by atoms with Crippen LogP contribution in [-0.2, 0) is 19.6 Å². The molecule has 0 radical (unpaired) electrons. The van der Waals surface area contributed by atoms with Crippen molar-refractivity contribution in [2.24, 2.45) is 0 Å². The molecule has 0 aliphatic carbocycles. The quantitative estimate of drug-likeness (QED) is 0.245. The molecular formula is C28H25N3O4S2. The molecule has 0 bridgehead atoms. The van der Waals surface area contributed by atoms with E-state index in [4.69, 9.17) is 0 Å². The molecule has 1 aliphatic heterocycles. The van der Waals surface area contributed by atoms with Crippen molar-refractivity contribution in [3.63, 3.8) is 0 Å². The van der Waals surface area contributed by atoms with Crippen LogP contribution in [0.1, 0.15) is 17.5 Å². The number of rotatable bonds is 7. The van der Waals surface area contributed by atoms with E-state index in [9.17, 15) is 18.0 Å². The van der Waals surface area contributed by atoms with Crippen LogP contribution in [0.2, 0.25) is 0 Å². The Hall–Kier alpha value is -3.66. The predicted octanol–water partition coefficient (Wildman–Crippen LogP) is 5.09. The molecule has 37 heavy (non-hydrogen) atoms. The molecule has 2 amide bonds. The second-order valence-corrected chi connectivity index (χ2v) is 11.9. The van der Waals surface area contributed by atoms with Gasteiger partial charge in [-0.15, -0.1) is 17.9 Å². The summed E-state index contributed by atoms with van der Waals surface area (Å²) >= 11 is 1.57. The molecule has 1 fully saturated rings. The molecule has 4 aromatic rings. The molecule has 0 N–H and O–H groups in total. The number of thiazole rings is 1. The van der Waals surface area contributed by atoms with E-state index in [1.54, 1.807) is 35.6 Å². The van der Waals surface area contributed by atoms with Crippen LogP contribution in [0.3, 0.4) is 0 Å². The molecule has 5 rings (SSSR count). The van der Waals surface area contributed by atoms with Crippen molar-refractivity contribution >= 4 is 49.1 Å². The van der Waals surface area contributed by atoms with Crippen LogP contribution in [0.25, 0.3) is 20.8 Å². The summed E-state index contributed by atoms with van der Waals surface area (Å²) < 4.78 is 29.0. The number of carbonyl (C=O) groups is 2. The normalized spacial score (nSPS) is 16.2. The van der Waals surface area contributed by atoms with Crippen LogP contribution >= 0.6 is 11.3 Å². The highest BCUT2D eigenvalue weighted by Crippen LogP contribution is 2.34. The average Bonchev–Trinajstić information content (AvgIpc) is 3.42. The Morgan fingerprint density at radius 3 is 2.38 bits per heavy atom. The SMILES string of the molecule is C=CCN(C1CC(=O)N(c2ccc(-c3nc4ccc(C)cc4s3)cc2)C1=O)S(=O)(=O)c1ccc(C)cc1. The molecule has 1 atom stereocenters. The van der Waals surface area contributed by atoms with Gasteiger partial charge in [0.05, 0.1) is 27.2 Å². The van der Waals surface area contributed by atoms with Crippen LogP contribution < -0.4 is 4.90 Å². The maximum Gasteiger partial charge on any atom is 0.252 e. The fourth-order valence-corrected chi connectivity index (χ4v) is 7.01. The van der Waals surface area contributed by atoms with Crippen LogP contribution in [0, 0.1) is 13.8 Å². The molecule has 7 nitrogen and oxygen atoms in total. The third kappa shape index (κ3) is 4.61. The average molecular weight is 532 g/mol. The molecule has 1 aromatic heterocycles. The van der Waals surface area contributed by atoms with Crippen LogP contribution in [0.15, 0.2) is 84.3 Å². The first kappa shape index (κ1) is 25.0.